The fourth-order valence-electron chi connectivity index (χ4n) is 2.60. The van der Waals surface area contributed by atoms with Crippen molar-refractivity contribution in [1.82, 2.24) is 5.43 Å². The van der Waals surface area contributed by atoms with Crippen LogP contribution in [0.5, 0.6) is 0 Å². The van der Waals surface area contributed by atoms with E-state index in [1.54, 1.807) is 48.5 Å². The zero-order valence-corrected chi connectivity index (χ0v) is 15.7. The van der Waals surface area contributed by atoms with E-state index in [-0.39, 0.29) is 0 Å². The number of nitrogens with zero attached hydrogens (tertiary/aromatic N) is 1. The highest BCUT2D eigenvalue weighted by molar-refractivity contribution is 6.30. The Labute approximate surface area is 167 Å². The third kappa shape index (κ3) is 4.37. The number of hydrogen-bond donors (Lipinski definition) is 2. The lowest BCUT2D eigenvalue weighted by molar-refractivity contribution is -0.136. The monoisotopic (exact) mass is 398 g/mol. The van der Waals surface area contributed by atoms with Crippen LogP contribution in [-0.4, -0.2) is 17.2 Å². The zero-order valence-electron chi connectivity index (χ0n) is 14.1. The summed E-state index contributed by atoms with van der Waals surface area (Å²) in [4.78, 5) is 12.9. The number of aliphatic hydroxyl groups is 1. The molecule has 3 rings (SSSR count). The molecule has 0 fully saturated rings. The Kier molecular flexibility index (Phi) is 5.91. The highest BCUT2D eigenvalue weighted by Gasteiger charge is 2.40. The smallest absolute Gasteiger partial charge is 0.281 e. The van der Waals surface area contributed by atoms with Crippen LogP contribution in [0.15, 0.2) is 84.0 Å². The first-order chi connectivity index (χ1) is 13.0. The van der Waals surface area contributed by atoms with Crippen molar-refractivity contribution in [3.8, 4) is 0 Å². The van der Waals surface area contributed by atoms with Gasteiger partial charge in [0.1, 0.15) is 0 Å². The molecular weight excluding hydrogens is 383 g/mol. The van der Waals surface area contributed by atoms with Gasteiger partial charge in [0.05, 0.1) is 6.21 Å². The van der Waals surface area contributed by atoms with E-state index in [1.807, 2.05) is 30.3 Å². The maximum absolute atomic E-state index is 12.9. The predicted octanol–water partition coefficient (Wildman–Crippen LogP) is 4.38. The average Bonchev–Trinajstić information content (AvgIpc) is 2.69. The van der Waals surface area contributed by atoms with E-state index in [0.29, 0.717) is 21.2 Å². The number of benzene rings is 3. The summed E-state index contributed by atoms with van der Waals surface area (Å²) < 4.78 is 0. The molecule has 3 aromatic carbocycles. The Hall–Kier alpha value is -2.66. The first-order valence-corrected chi connectivity index (χ1v) is 8.89. The molecule has 136 valence electrons. The Bertz CT molecular complexity index is 895. The molecule has 0 saturated carbocycles. The van der Waals surface area contributed by atoms with Crippen LogP contribution in [0.4, 0.5) is 0 Å². The lowest BCUT2D eigenvalue weighted by Crippen LogP contribution is -2.43. The predicted molar refractivity (Wildman–Crippen MR) is 108 cm³/mol. The molecule has 6 heteroatoms. The molecule has 0 spiro atoms. The van der Waals surface area contributed by atoms with Crippen LogP contribution >= 0.6 is 23.2 Å². The highest BCUT2D eigenvalue weighted by atomic mass is 35.5. The first-order valence-electron chi connectivity index (χ1n) is 8.13. The maximum Gasteiger partial charge on any atom is 0.281 e. The number of rotatable bonds is 5. The molecule has 0 aromatic heterocycles. The highest BCUT2D eigenvalue weighted by Crippen LogP contribution is 2.31. The molecule has 0 heterocycles. The summed E-state index contributed by atoms with van der Waals surface area (Å²) in [6.45, 7) is 0. The third-order valence-electron chi connectivity index (χ3n) is 4.03. The van der Waals surface area contributed by atoms with Crippen molar-refractivity contribution in [2.75, 3.05) is 0 Å². The number of hydrazone groups is 1. The van der Waals surface area contributed by atoms with Gasteiger partial charge in [0.2, 0.25) is 0 Å². The minimum Gasteiger partial charge on any atom is -0.372 e. The quantitative estimate of drug-likeness (QED) is 0.494. The van der Waals surface area contributed by atoms with Crippen molar-refractivity contribution in [3.63, 3.8) is 0 Å². The topological polar surface area (TPSA) is 61.7 Å². The van der Waals surface area contributed by atoms with Gasteiger partial charge < -0.3 is 5.11 Å². The van der Waals surface area contributed by atoms with Gasteiger partial charge in [-0.25, -0.2) is 5.43 Å². The second-order valence-electron chi connectivity index (χ2n) is 5.83. The Morgan fingerprint density at radius 1 is 0.852 bits per heavy atom. The van der Waals surface area contributed by atoms with Gasteiger partial charge in [0.25, 0.3) is 5.91 Å². The third-order valence-corrected chi connectivity index (χ3v) is 4.54. The van der Waals surface area contributed by atoms with E-state index in [0.717, 1.165) is 5.56 Å². The minimum absolute atomic E-state index is 0.363. The van der Waals surface area contributed by atoms with Gasteiger partial charge in [0.15, 0.2) is 5.60 Å². The van der Waals surface area contributed by atoms with Crippen LogP contribution in [-0.2, 0) is 10.4 Å². The summed E-state index contributed by atoms with van der Waals surface area (Å²) in [6.07, 6.45) is 1.50. The molecule has 1 amide bonds. The van der Waals surface area contributed by atoms with Gasteiger partial charge in [-0.1, -0.05) is 77.8 Å². The molecule has 0 aliphatic carbocycles. The number of carbonyl (C=O) groups is 1. The van der Waals surface area contributed by atoms with Gasteiger partial charge in [-0.15, -0.1) is 0 Å². The van der Waals surface area contributed by atoms with E-state index < -0.39 is 11.5 Å². The van der Waals surface area contributed by atoms with Crippen molar-refractivity contribution < 1.29 is 9.90 Å². The van der Waals surface area contributed by atoms with Crippen molar-refractivity contribution in [2.45, 2.75) is 5.60 Å². The molecule has 0 unspecified atom stereocenters. The minimum atomic E-state index is -1.96. The van der Waals surface area contributed by atoms with Gasteiger partial charge >= 0.3 is 0 Å². The summed E-state index contributed by atoms with van der Waals surface area (Å²) >= 11 is 11.9. The van der Waals surface area contributed by atoms with Gasteiger partial charge in [-0.3, -0.25) is 4.79 Å². The Morgan fingerprint density at radius 3 is 1.81 bits per heavy atom. The molecule has 0 saturated heterocycles. The number of carbonyl (C=O) groups excluding carboxylic acids is 1. The molecule has 0 bridgehead atoms. The fourth-order valence-corrected chi connectivity index (χ4v) is 2.85. The molecule has 3 aromatic rings. The standard InChI is InChI=1S/C21H16Cl2N2O2/c22-18-10-6-16(7-11-18)21(27,17-8-12-19(23)13-9-17)20(26)25-24-14-15-4-2-1-3-5-15/h1-14,27H,(H,25,26)/b24-14+. The summed E-state index contributed by atoms with van der Waals surface area (Å²) in [6, 6.07) is 22.1. The molecule has 0 aliphatic rings. The number of halogens is 2. The van der Waals surface area contributed by atoms with E-state index in [1.165, 1.54) is 6.21 Å². The summed E-state index contributed by atoms with van der Waals surface area (Å²) in [5, 5.41) is 16.3. The van der Waals surface area contributed by atoms with Crippen molar-refractivity contribution in [2.24, 2.45) is 5.10 Å². The fraction of sp³-hybridized carbons (Fsp3) is 0.0476. The van der Waals surface area contributed by atoms with Crippen molar-refractivity contribution in [1.29, 1.82) is 0 Å². The van der Waals surface area contributed by atoms with E-state index in [2.05, 4.69) is 10.5 Å². The van der Waals surface area contributed by atoms with Crippen LogP contribution in [0.25, 0.3) is 0 Å². The number of hydrogen-bond acceptors (Lipinski definition) is 3. The molecule has 4 nitrogen and oxygen atoms in total. The molecule has 0 atom stereocenters. The van der Waals surface area contributed by atoms with Crippen LogP contribution in [0.3, 0.4) is 0 Å². The molecule has 27 heavy (non-hydrogen) atoms. The van der Waals surface area contributed by atoms with Gasteiger partial charge in [-0.05, 0) is 41.0 Å². The number of amides is 1. The van der Waals surface area contributed by atoms with Crippen LogP contribution in [0.2, 0.25) is 10.0 Å². The SMILES string of the molecule is O=C(N/N=C/c1ccccc1)C(O)(c1ccc(Cl)cc1)c1ccc(Cl)cc1. The second kappa shape index (κ2) is 8.35. The largest absolute Gasteiger partial charge is 0.372 e. The maximum atomic E-state index is 12.9. The zero-order chi connectivity index (χ0) is 19.3. The molecular formula is C21H16Cl2N2O2. The summed E-state index contributed by atoms with van der Waals surface area (Å²) in [5.41, 5.74) is 2.00. The number of nitrogens with one attached hydrogen (secondary N) is 1. The Balaban J connectivity index is 1.93. The summed E-state index contributed by atoms with van der Waals surface area (Å²) in [7, 11) is 0. The van der Waals surface area contributed by atoms with Crippen LogP contribution in [0.1, 0.15) is 16.7 Å². The molecule has 2 N–H and O–H groups in total. The van der Waals surface area contributed by atoms with E-state index in [4.69, 9.17) is 23.2 Å². The molecule has 0 radical (unpaired) electrons. The van der Waals surface area contributed by atoms with E-state index in [9.17, 15) is 9.90 Å². The average molecular weight is 399 g/mol. The molecule has 0 aliphatic heterocycles. The van der Waals surface area contributed by atoms with Crippen LogP contribution in [0, 0.1) is 0 Å². The Morgan fingerprint density at radius 2 is 1.33 bits per heavy atom. The van der Waals surface area contributed by atoms with Crippen LogP contribution < -0.4 is 5.43 Å². The van der Waals surface area contributed by atoms with E-state index >= 15 is 0 Å². The first kappa shape index (κ1) is 19.1. The summed E-state index contributed by atoms with van der Waals surface area (Å²) in [5.74, 6) is -0.695. The normalized spacial score (nSPS) is 11.5. The van der Waals surface area contributed by atoms with Crippen molar-refractivity contribution in [3.05, 3.63) is 106 Å². The van der Waals surface area contributed by atoms with Gasteiger partial charge in [-0.2, -0.15) is 5.10 Å². The lowest BCUT2D eigenvalue weighted by Gasteiger charge is -2.27. The lowest BCUT2D eigenvalue weighted by atomic mass is 9.85. The van der Waals surface area contributed by atoms with Gasteiger partial charge in [0, 0.05) is 10.0 Å². The second-order valence-corrected chi connectivity index (χ2v) is 6.71. The van der Waals surface area contributed by atoms with Crippen molar-refractivity contribution >= 4 is 35.3 Å².